The molecule has 0 saturated heterocycles. The fraction of sp³-hybridized carbons (Fsp3) is 0.0517. The molecule has 0 radical (unpaired) electrons. The molecule has 11 aromatic rings. The molecule has 0 amide bonds. The minimum Gasteiger partial charge on any atom is -0.208 e. The molecule has 0 saturated carbocycles. The van der Waals surface area contributed by atoms with Gasteiger partial charge < -0.3 is 0 Å². The van der Waals surface area contributed by atoms with Gasteiger partial charge in [0.05, 0.1) is 8.07 Å². The van der Waals surface area contributed by atoms with Gasteiger partial charge in [-0.15, -0.1) is 0 Å². The topological polar surface area (TPSA) is 38.7 Å². The van der Waals surface area contributed by atoms with E-state index in [9.17, 15) is 0 Å². The third-order valence-corrected chi connectivity index (χ3v) is 14.3. The second-order valence-electron chi connectivity index (χ2n) is 17.2. The van der Waals surface area contributed by atoms with Crippen LogP contribution < -0.4 is 5.19 Å². The largest absolute Gasteiger partial charge is 0.208 e. The first-order chi connectivity index (χ1) is 30.4. The van der Waals surface area contributed by atoms with Gasteiger partial charge in [0.25, 0.3) is 0 Å². The summed E-state index contributed by atoms with van der Waals surface area (Å²) in [5.74, 6) is 1.92. The normalized spacial score (nSPS) is 11.8. The summed E-state index contributed by atoms with van der Waals surface area (Å²) < 4.78 is 0. The maximum atomic E-state index is 5.22. The highest BCUT2D eigenvalue weighted by Gasteiger charge is 2.20. The van der Waals surface area contributed by atoms with Crippen molar-refractivity contribution >= 4 is 56.4 Å². The van der Waals surface area contributed by atoms with Gasteiger partial charge in [-0.2, -0.15) is 0 Å². The van der Waals surface area contributed by atoms with Gasteiger partial charge in [-0.3, -0.25) is 0 Å². The number of hydrogen-bond acceptors (Lipinski definition) is 3. The summed E-state index contributed by atoms with van der Waals surface area (Å²) in [4.78, 5) is 15.5. The number of rotatable bonds is 7. The van der Waals surface area contributed by atoms with Crippen LogP contribution in [0.1, 0.15) is 0 Å². The van der Waals surface area contributed by atoms with E-state index in [4.69, 9.17) is 15.0 Å². The Bertz CT molecular complexity index is 3480. The molecule has 1 aromatic heterocycles. The monoisotopic (exact) mass is 809 g/mol. The molecule has 0 bridgehead atoms. The van der Waals surface area contributed by atoms with Crippen molar-refractivity contribution in [1.82, 2.24) is 15.0 Å². The van der Waals surface area contributed by atoms with Crippen LogP contribution in [0.15, 0.2) is 206 Å². The van der Waals surface area contributed by atoms with Gasteiger partial charge in [0.15, 0.2) is 17.5 Å². The number of benzene rings is 10. The summed E-state index contributed by atoms with van der Waals surface area (Å²) in [6.45, 7) is 7.27. The van der Waals surface area contributed by atoms with Crippen molar-refractivity contribution < 1.29 is 0 Å². The molecular weight excluding hydrogens is 767 g/mol. The van der Waals surface area contributed by atoms with E-state index in [0.29, 0.717) is 17.5 Å². The van der Waals surface area contributed by atoms with E-state index in [1.165, 1.54) is 59.8 Å². The molecule has 62 heavy (non-hydrogen) atoms. The number of fused-ring (bicyclic) bond motifs is 7. The highest BCUT2D eigenvalue weighted by molar-refractivity contribution is 6.88. The Morgan fingerprint density at radius 2 is 0.677 bits per heavy atom. The molecule has 11 rings (SSSR count). The van der Waals surface area contributed by atoms with Crippen molar-refractivity contribution in [3.63, 3.8) is 0 Å². The Morgan fingerprint density at radius 3 is 1.31 bits per heavy atom. The maximum absolute atomic E-state index is 5.22. The van der Waals surface area contributed by atoms with Crippen LogP contribution in [0.4, 0.5) is 0 Å². The quantitative estimate of drug-likeness (QED) is 0.119. The van der Waals surface area contributed by atoms with Crippen molar-refractivity contribution in [2.75, 3.05) is 0 Å². The van der Waals surface area contributed by atoms with Gasteiger partial charge >= 0.3 is 0 Å². The van der Waals surface area contributed by atoms with E-state index in [1.807, 2.05) is 18.2 Å². The molecule has 1 heterocycles. The van der Waals surface area contributed by atoms with Crippen molar-refractivity contribution in [1.29, 1.82) is 0 Å². The fourth-order valence-electron chi connectivity index (χ4n) is 9.02. The summed E-state index contributed by atoms with van der Waals surface area (Å²) in [5, 5.41) is 11.6. The molecule has 0 aliphatic carbocycles. The van der Waals surface area contributed by atoms with Crippen LogP contribution >= 0.6 is 0 Å². The lowest BCUT2D eigenvalue weighted by molar-refractivity contribution is 1.08. The molecule has 3 nitrogen and oxygen atoms in total. The molecule has 0 fully saturated rings. The summed E-state index contributed by atoms with van der Waals surface area (Å²) in [5.41, 5.74) is 9.80. The van der Waals surface area contributed by atoms with E-state index < -0.39 is 8.07 Å². The standard InChI is InChI=1S/C58H43N3Si/c1-62(2,3)45-29-31-52-51-30-28-43(36-54(51)49-26-12-13-27-50(49)55(52)37-45)41-21-14-20-40(34-41)42-22-15-23-44(35-42)57-59-56(39-18-8-5-9-19-39)60-58(61-57)53-33-32-46(38-16-6-4-7-17-38)47-24-10-11-25-48(47)53/h4-37H,1-3H3. The molecule has 0 aliphatic heterocycles. The van der Waals surface area contributed by atoms with Crippen molar-refractivity contribution in [2.45, 2.75) is 19.6 Å². The first-order valence-electron chi connectivity index (χ1n) is 21.3. The van der Waals surface area contributed by atoms with Crippen LogP contribution in [-0.2, 0) is 0 Å². The highest BCUT2D eigenvalue weighted by Crippen LogP contribution is 2.39. The fourth-order valence-corrected chi connectivity index (χ4v) is 10.2. The first kappa shape index (κ1) is 37.5. The lowest BCUT2D eigenvalue weighted by Crippen LogP contribution is -2.37. The predicted octanol–water partition coefficient (Wildman–Crippen LogP) is 15.0. The average Bonchev–Trinajstić information content (AvgIpc) is 3.33. The van der Waals surface area contributed by atoms with Gasteiger partial charge in [0.2, 0.25) is 0 Å². The van der Waals surface area contributed by atoms with Gasteiger partial charge in [0, 0.05) is 16.7 Å². The van der Waals surface area contributed by atoms with Crippen molar-refractivity contribution in [3.05, 3.63) is 206 Å². The highest BCUT2D eigenvalue weighted by atomic mass is 28.3. The van der Waals surface area contributed by atoms with Crippen molar-refractivity contribution in [3.8, 4) is 67.5 Å². The predicted molar refractivity (Wildman–Crippen MR) is 265 cm³/mol. The summed E-state index contributed by atoms with van der Waals surface area (Å²) >= 11 is 0. The minimum atomic E-state index is -1.48. The zero-order valence-corrected chi connectivity index (χ0v) is 36.0. The number of aromatic nitrogens is 3. The molecule has 0 atom stereocenters. The van der Waals surface area contributed by atoms with Crippen molar-refractivity contribution in [2.24, 2.45) is 0 Å². The van der Waals surface area contributed by atoms with Crippen LogP contribution in [0.2, 0.25) is 19.6 Å². The lowest BCUT2D eigenvalue weighted by Gasteiger charge is -2.19. The van der Waals surface area contributed by atoms with Gasteiger partial charge in [-0.1, -0.05) is 207 Å². The molecule has 0 spiro atoms. The smallest absolute Gasteiger partial charge is 0.164 e. The second kappa shape index (κ2) is 15.2. The van der Waals surface area contributed by atoms with Crippen LogP contribution in [0, 0.1) is 0 Å². The Kier molecular flexibility index (Phi) is 9.17. The van der Waals surface area contributed by atoms with Crippen LogP contribution in [-0.4, -0.2) is 23.0 Å². The van der Waals surface area contributed by atoms with E-state index in [0.717, 1.165) is 38.6 Å². The van der Waals surface area contributed by atoms with Crippen LogP contribution in [0.5, 0.6) is 0 Å². The van der Waals surface area contributed by atoms with E-state index in [-0.39, 0.29) is 0 Å². The summed E-state index contributed by atoms with van der Waals surface area (Å²) in [6.07, 6.45) is 0. The number of hydrogen-bond donors (Lipinski definition) is 0. The summed E-state index contributed by atoms with van der Waals surface area (Å²) in [6, 6.07) is 74.1. The maximum Gasteiger partial charge on any atom is 0.164 e. The lowest BCUT2D eigenvalue weighted by atomic mass is 9.91. The third kappa shape index (κ3) is 6.75. The molecule has 0 aliphatic rings. The van der Waals surface area contributed by atoms with Crippen LogP contribution in [0.3, 0.4) is 0 Å². The Hall–Kier alpha value is -7.53. The zero-order chi connectivity index (χ0) is 41.8. The molecular formula is C58H43N3Si. The number of nitrogens with zero attached hydrogens (tertiary/aromatic N) is 3. The molecule has 0 unspecified atom stereocenters. The van der Waals surface area contributed by atoms with Gasteiger partial charge in [0.1, 0.15) is 0 Å². The molecule has 0 N–H and O–H groups in total. The first-order valence-corrected chi connectivity index (χ1v) is 24.8. The average molecular weight is 810 g/mol. The SMILES string of the molecule is C[Si](C)(C)c1ccc2c3ccc(-c4cccc(-c5cccc(-c6nc(-c7ccccc7)nc(-c7ccc(-c8ccccc8)c8ccccc78)n6)c5)c4)cc3c3ccccc3c2c1. The van der Waals surface area contributed by atoms with Gasteiger partial charge in [-0.25, -0.2) is 15.0 Å². The molecule has 10 aromatic carbocycles. The Morgan fingerprint density at radius 1 is 0.258 bits per heavy atom. The minimum absolute atomic E-state index is 0.633. The summed E-state index contributed by atoms with van der Waals surface area (Å²) in [7, 11) is -1.48. The van der Waals surface area contributed by atoms with Gasteiger partial charge in [-0.05, 0) is 101 Å². The van der Waals surface area contributed by atoms with E-state index in [2.05, 4.69) is 208 Å². The van der Waals surface area contributed by atoms with Crippen LogP contribution in [0.25, 0.3) is 111 Å². The molecule has 294 valence electrons. The van der Waals surface area contributed by atoms with E-state index in [1.54, 1.807) is 0 Å². The Balaban J connectivity index is 1.01. The zero-order valence-electron chi connectivity index (χ0n) is 35.0. The third-order valence-electron chi connectivity index (χ3n) is 12.3. The Labute approximate surface area is 363 Å². The molecule has 4 heteroatoms. The van der Waals surface area contributed by atoms with E-state index >= 15 is 0 Å². The second-order valence-corrected chi connectivity index (χ2v) is 22.3.